The van der Waals surface area contributed by atoms with E-state index in [2.05, 4.69) is 40.8 Å². The lowest BCUT2D eigenvalue weighted by atomic mass is 10.0. The monoisotopic (exact) mass is 262 g/mol. The number of hydrogen-bond acceptors (Lipinski definition) is 0. The lowest BCUT2D eigenvalue weighted by Gasteiger charge is -2.41. The molecule has 0 unspecified atom stereocenters. The molecule has 0 spiro atoms. The van der Waals surface area contributed by atoms with Crippen molar-refractivity contribution in [2.75, 3.05) is 0 Å². The van der Waals surface area contributed by atoms with Crippen LogP contribution in [0, 0.1) is 0 Å². The van der Waals surface area contributed by atoms with Crippen LogP contribution in [0.4, 0.5) is 0 Å². The number of rotatable bonds is 2. The predicted molar refractivity (Wildman–Crippen MR) is 84.8 cm³/mol. The SMILES string of the molecule is CC1=C(C)C([Si](C)(C)C2CCCCC2)C(C)=C1C. The second kappa shape index (κ2) is 5.00. The minimum atomic E-state index is -1.19. The van der Waals surface area contributed by atoms with E-state index in [0.29, 0.717) is 0 Å². The second-order valence-corrected chi connectivity index (χ2v) is 12.2. The maximum absolute atomic E-state index is 2.66. The first-order valence-electron chi connectivity index (χ1n) is 7.72. The summed E-state index contributed by atoms with van der Waals surface area (Å²) in [5.74, 6) is 0. The van der Waals surface area contributed by atoms with Gasteiger partial charge in [-0.1, -0.05) is 56.3 Å². The molecular formula is C17H30Si. The van der Waals surface area contributed by atoms with E-state index in [-0.39, 0.29) is 0 Å². The van der Waals surface area contributed by atoms with E-state index in [1.807, 2.05) is 0 Å². The molecule has 2 aliphatic carbocycles. The zero-order valence-corrected chi connectivity index (χ0v) is 14.2. The van der Waals surface area contributed by atoms with E-state index < -0.39 is 8.07 Å². The summed E-state index contributed by atoms with van der Waals surface area (Å²) in [6.07, 6.45) is 7.46. The van der Waals surface area contributed by atoms with Gasteiger partial charge in [0.25, 0.3) is 0 Å². The van der Waals surface area contributed by atoms with Crippen molar-refractivity contribution >= 4 is 8.07 Å². The van der Waals surface area contributed by atoms with Crippen LogP contribution in [-0.2, 0) is 0 Å². The molecule has 0 heterocycles. The van der Waals surface area contributed by atoms with Crippen molar-refractivity contribution in [3.8, 4) is 0 Å². The number of allylic oxidation sites excluding steroid dienone is 4. The highest BCUT2D eigenvalue weighted by atomic mass is 28.3. The first-order valence-corrected chi connectivity index (χ1v) is 10.9. The number of hydrogen-bond donors (Lipinski definition) is 0. The van der Waals surface area contributed by atoms with Crippen molar-refractivity contribution in [3.05, 3.63) is 22.3 Å². The average molecular weight is 263 g/mol. The van der Waals surface area contributed by atoms with Gasteiger partial charge in [-0.25, -0.2) is 0 Å². The van der Waals surface area contributed by atoms with E-state index in [1.165, 1.54) is 32.1 Å². The molecule has 0 radical (unpaired) electrons. The van der Waals surface area contributed by atoms with Crippen molar-refractivity contribution in [2.45, 2.75) is 84.0 Å². The molecule has 2 aliphatic rings. The molecular weight excluding hydrogens is 232 g/mol. The predicted octanol–water partition coefficient (Wildman–Crippen LogP) is 6.09. The third-order valence-corrected chi connectivity index (χ3v) is 11.0. The van der Waals surface area contributed by atoms with Gasteiger partial charge in [0.1, 0.15) is 0 Å². The van der Waals surface area contributed by atoms with Crippen LogP contribution in [-0.4, -0.2) is 8.07 Å². The summed E-state index contributed by atoms with van der Waals surface area (Å²) >= 11 is 0. The van der Waals surface area contributed by atoms with E-state index >= 15 is 0 Å². The summed E-state index contributed by atoms with van der Waals surface area (Å²) < 4.78 is 0. The minimum absolute atomic E-state index is 0.834. The molecule has 0 saturated heterocycles. The quantitative estimate of drug-likeness (QED) is 0.529. The van der Waals surface area contributed by atoms with E-state index in [4.69, 9.17) is 0 Å². The molecule has 0 aromatic carbocycles. The Hall–Kier alpha value is -0.303. The normalized spacial score (nSPS) is 24.3. The Kier molecular flexibility index (Phi) is 3.92. The van der Waals surface area contributed by atoms with Crippen molar-refractivity contribution in [2.24, 2.45) is 0 Å². The van der Waals surface area contributed by atoms with Gasteiger partial charge in [-0.3, -0.25) is 0 Å². The summed E-state index contributed by atoms with van der Waals surface area (Å²) in [4.78, 5) is 0. The van der Waals surface area contributed by atoms with Gasteiger partial charge in [0.05, 0.1) is 8.07 Å². The van der Waals surface area contributed by atoms with Crippen LogP contribution in [0.3, 0.4) is 0 Å². The fourth-order valence-corrected chi connectivity index (χ4v) is 9.58. The van der Waals surface area contributed by atoms with E-state index in [0.717, 1.165) is 11.1 Å². The van der Waals surface area contributed by atoms with Gasteiger partial charge in [0, 0.05) is 0 Å². The summed E-state index contributed by atoms with van der Waals surface area (Å²) in [7, 11) is -1.19. The van der Waals surface area contributed by atoms with Crippen molar-refractivity contribution in [1.29, 1.82) is 0 Å². The minimum Gasteiger partial charge on any atom is -0.0684 e. The maximum Gasteiger partial charge on any atom is 0.0626 e. The smallest absolute Gasteiger partial charge is 0.0626 e. The topological polar surface area (TPSA) is 0 Å². The van der Waals surface area contributed by atoms with Crippen LogP contribution >= 0.6 is 0 Å². The van der Waals surface area contributed by atoms with Crippen LogP contribution in [0.2, 0.25) is 24.2 Å². The first kappa shape index (κ1) is 14.1. The Morgan fingerprint density at radius 1 is 0.778 bits per heavy atom. The van der Waals surface area contributed by atoms with Gasteiger partial charge in [0.15, 0.2) is 0 Å². The molecule has 0 aliphatic heterocycles. The van der Waals surface area contributed by atoms with Crippen LogP contribution < -0.4 is 0 Å². The van der Waals surface area contributed by atoms with Crippen LogP contribution in [0.1, 0.15) is 59.8 Å². The van der Waals surface area contributed by atoms with Gasteiger partial charge in [-0.15, -0.1) is 0 Å². The standard InChI is InChI=1S/C17H30Si/c1-12-13(2)15(4)17(14(12)3)18(5,6)16-10-8-7-9-11-16/h16-17H,7-11H2,1-6H3. The van der Waals surface area contributed by atoms with Crippen LogP contribution in [0.5, 0.6) is 0 Å². The Labute approximate surface area is 115 Å². The fourth-order valence-electron chi connectivity index (χ4n) is 4.55. The Morgan fingerprint density at radius 3 is 1.67 bits per heavy atom. The lowest BCUT2D eigenvalue weighted by Crippen LogP contribution is -2.39. The third-order valence-electron chi connectivity index (χ3n) is 6.01. The molecule has 0 amide bonds. The molecule has 2 rings (SSSR count). The molecule has 0 aromatic heterocycles. The lowest BCUT2D eigenvalue weighted by molar-refractivity contribution is 0.489. The molecule has 0 N–H and O–H groups in total. The highest BCUT2D eigenvalue weighted by molar-refractivity contribution is 6.81. The maximum atomic E-state index is 2.66. The molecule has 1 heteroatoms. The second-order valence-electron chi connectivity index (χ2n) is 7.21. The van der Waals surface area contributed by atoms with Gasteiger partial charge in [-0.05, 0) is 49.9 Å². The molecule has 1 fully saturated rings. The van der Waals surface area contributed by atoms with Gasteiger partial charge in [0.2, 0.25) is 0 Å². The van der Waals surface area contributed by atoms with Gasteiger partial charge in [-0.2, -0.15) is 0 Å². The highest BCUT2D eigenvalue weighted by Gasteiger charge is 2.43. The summed E-state index contributed by atoms with van der Waals surface area (Å²) in [5, 5.41) is 0. The zero-order chi connectivity index (χ0) is 13.5. The highest BCUT2D eigenvalue weighted by Crippen LogP contribution is 2.53. The molecule has 1 saturated carbocycles. The molecule has 102 valence electrons. The van der Waals surface area contributed by atoms with Crippen molar-refractivity contribution < 1.29 is 0 Å². The third kappa shape index (κ3) is 2.15. The summed E-state index contributed by atoms with van der Waals surface area (Å²) in [6, 6.07) is 0. The largest absolute Gasteiger partial charge is 0.0684 e. The van der Waals surface area contributed by atoms with Crippen molar-refractivity contribution in [1.82, 2.24) is 0 Å². The van der Waals surface area contributed by atoms with Gasteiger partial charge >= 0.3 is 0 Å². The fraction of sp³-hybridized carbons (Fsp3) is 0.765. The summed E-state index contributed by atoms with van der Waals surface area (Å²) in [6.45, 7) is 14.8. The van der Waals surface area contributed by atoms with Crippen LogP contribution in [0.25, 0.3) is 0 Å². The molecule has 0 bridgehead atoms. The van der Waals surface area contributed by atoms with Gasteiger partial charge < -0.3 is 0 Å². The Balaban J connectivity index is 2.30. The van der Waals surface area contributed by atoms with E-state index in [1.54, 1.807) is 22.3 Å². The van der Waals surface area contributed by atoms with Crippen LogP contribution in [0.15, 0.2) is 22.3 Å². The first-order chi connectivity index (χ1) is 8.37. The average Bonchev–Trinajstić information content (AvgIpc) is 2.55. The molecule has 0 aromatic rings. The summed E-state index contributed by atoms with van der Waals surface area (Å²) in [5.41, 5.74) is 8.47. The molecule has 18 heavy (non-hydrogen) atoms. The Bertz CT molecular complexity index is 368. The Morgan fingerprint density at radius 2 is 1.22 bits per heavy atom. The van der Waals surface area contributed by atoms with E-state index in [9.17, 15) is 0 Å². The zero-order valence-electron chi connectivity index (χ0n) is 13.2. The van der Waals surface area contributed by atoms with Crippen molar-refractivity contribution in [3.63, 3.8) is 0 Å². The molecule has 0 atom stereocenters. The molecule has 0 nitrogen and oxygen atoms in total.